The van der Waals surface area contributed by atoms with Gasteiger partial charge in [0.2, 0.25) is 0 Å². The lowest BCUT2D eigenvalue weighted by Crippen LogP contribution is -2.23. The van der Waals surface area contributed by atoms with Crippen molar-refractivity contribution in [3.63, 3.8) is 0 Å². The Morgan fingerprint density at radius 3 is 2.65 bits per heavy atom. The van der Waals surface area contributed by atoms with Crippen LogP contribution in [-0.4, -0.2) is 24.3 Å². The van der Waals surface area contributed by atoms with Gasteiger partial charge in [-0.15, -0.1) is 10.2 Å². The Hall–Kier alpha value is -1.40. The van der Waals surface area contributed by atoms with E-state index in [4.69, 9.17) is 23.2 Å². The molecule has 0 aliphatic heterocycles. The number of hydrogen-bond donors (Lipinski definition) is 0. The second-order valence-electron chi connectivity index (χ2n) is 3.50. The maximum absolute atomic E-state index is 11.8. The molecule has 6 nitrogen and oxygen atoms in total. The third kappa shape index (κ3) is 2.18. The highest BCUT2D eigenvalue weighted by atomic mass is 35.5. The number of halogens is 2. The molecule has 2 heterocycles. The van der Waals surface area contributed by atoms with E-state index in [1.165, 1.54) is 10.9 Å². The van der Waals surface area contributed by atoms with Crippen LogP contribution in [0.2, 0.25) is 10.2 Å². The van der Waals surface area contributed by atoms with Crippen LogP contribution in [0.15, 0.2) is 11.1 Å². The maximum atomic E-state index is 11.8. The molecule has 0 aliphatic rings. The minimum Gasteiger partial charge on any atom is -0.317 e. The Morgan fingerprint density at radius 1 is 1.35 bits per heavy atom. The summed E-state index contributed by atoms with van der Waals surface area (Å²) >= 11 is 11.4. The summed E-state index contributed by atoms with van der Waals surface area (Å²) in [6.07, 6.45) is 1.33. The van der Waals surface area contributed by atoms with Gasteiger partial charge in [0.1, 0.15) is 10.8 Å². The zero-order valence-corrected chi connectivity index (χ0v) is 10.7. The van der Waals surface area contributed by atoms with Crippen LogP contribution in [0.4, 0.5) is 0 Å². The predicted molar refractivity (Wildman–Crippen MR) is 63.4 cm³/mol. The van der Waals surface area contributed by atoms with Gasteiger partial charge < -0.3 is 4.57 Å². The van der Waals surface area contributed by atoms with Gasteiger partial charge in [0, 0.05) is 7.05 Å². The zero-order chi connectivity index (χ0) is 12.6. The van der Waals surface area contributed by atoms with E-state index in [9.17, 15) is 4.79 Å². The van der Waals surface area contributed by atoms with E-state index in [1.807, 2.05) is 14.0 Å². The molecule has 0 saturated carbocycles. The first-order valence-electron chi connectivity index (χ1n) is 4.76. The second kappa shape index (κ2) is 4.46. The van der Waals surface area contributed by atoms with Crippen molar-refractivity contribution in [3.8, 4) is 0 Å². The average molecular weight is 274 g/mol. The number of aromatic nitrogens is 5. The van der Waals surface area contributed by atoms with Crippen LogP contribution in [-0.2, 0) is 13.6 Å². The molecular formula is C9H9Cl2N5O. The van der Waals surface area contributed by atoms with E-state index in [0.29, 0.717) is 5.82 Å². The Labute approximate surface area is 107 Å². The molecule has 2 aromatic heterocycles. The quantitative estimate of drug-likeness (QED) is 0.767. The van der Waals surface area contributed by atoms with Gasteiger partial charge >= 0.3 is 0 Å². The van der Waals surface area contributed by atoms with E-state index >= 15 is 0 Å². The minimum atomic E-state index is -0.396. The largest absolute Gasteiger partial charge is 0.317 e. The van der Waals surface area contributed by atoms with Gasteiger partial charge in [-0.1, -0.05) is 23.2 Å². The topological polar surface area (TPSA) is 65.6 Å². The summed E-state index contributed by atoms with van der Waals surface area (Å²) in [6, 6.07) is 0. The second-order valence-corrected chi connectivity index (χ2v) is 4.24. The Morgan fingerprint density at radius 2 is 2.06 bits per heavy atom. The fraction of sp³-hybridized carbons (Fsp3) is 0.333. The summed E-state index contributed by atoms with van der Waals surface area (Å²) in [5, 5.41) is 7.77. The van der Waals surface area contributed by atoms with Crippen LogP contribution in [0.3, 0.4) is 0 Å². The molecule has 0 spiro atoms. The summed E-state index contributed by atoms with van der Waals surface area (Å²) in [4.78, 5) is 15.6. The summed E-state index contributed by atoms with van der Waals surface area (Å²) < 4.78 is 3.12. The number of nitrogens with zero attached hydrogens (tertiary/aromatic N) is 5. The van der Waals surface area contributed by atoms with Crippen molar-refractivity contribution in [1.82, 2.24) is 24.3 Å². The van der Waals surface area contributed by atoms with Crippen molar-refractivity contribution in [2.24, 2.45) is 7.05 Å². The van der Waals surface area contributed by atoms with Gasteiger partial charge in [-0.25, -0.2) is 4.98 Å². The Balaban J connectivity index is 2.41. The molecule has 2 rings (SSSR count). The van der Waals surface area contributed by atoms with Gasteiger partial charge in [-0.2, -0.15) is 0 Å². The first kappa shape index (κ1) is 12.1. The molecule has 0 saturated heterocycles. The first-order chi connectivity index (χ1) is 8.00. The number of rotatable bonds is 2. The molecule has 0 aliphatic carbocycles. The lowest BCUT2D eigenvalue weighted by Gasteiger charge is -2.05. The van der Waals surface area contributed by atoms with Gasteiger partial charge in [0.15, 0.2) is 11.0 Å². The van der Waals surface area contributed by atoms with Gasteiger partial charge in [0.25, 0.3) is 5.56 Å². The SMILES string of the molecule is Cc1nnc(Cn2cnc(Cl)c(Cl)c2=O)n1C. The Kier molecular flexibility index (Phi) is 3.17. The standard InChI is InChI=1S/C9H9Cl2N5O/c1-5-13-14-6(15(5)2)3-16-4-12-8(11)7(10)9(16)17/h4H,3H2,1-2H3. The monoisotopic (exact) mass is 273 g/mol. The Bertz CT molecular complexity index is 618. The van der Waals surface area contributed by atoms with E-state index in [0.717, 1.165) is 5.82 Å². The van der Waals surface area contributed by atoms with Crippen LogP contribution in [0.25, 0.3) is 0 Å². The van der Waals surface area contributed by atoms with Crippen LogP contribution >= 0.6 is 23.2 Å². The molecule has 17 heavy (non-hydrogen) atoms. The first-order valence-corrected chi connectivity index (χ1v) is 5.51. The molecule has 90 valence electrons. The van der Waals surface area contributed by atoms with Gasteiger partial charge in [0.05, 0.1) is 12.9 Å². The summed E-state index contributed by atoms with van der Waals surface area (Å²) in [5.41, 5.74) is -0.396. The molecule has 0 aromatic carbocycles. The molecule has 8 heteroatoms. The highest BCUT2D eigenvalue weighted by Gasteiger charge is 2.10. The third-order valence-corrected chi connectivity index (χ3v) is 3.16. The van der Waals surface area contributed by atoms with Crippen molar-refractivity contribution >= 4 is 23.2 Å². The highest BCUT2D eigenvalue weighted by Crippen LogP contribution is 2.12. The molecule has 0 atom stereocenters. The molecule has 0 radical (unpaired) electrons. The molecule has 2 aromatic rings. The maximum Gasteiger partial charge on any atom is 0.274 e. The molecule has 0 unspecified atom stereocenters. The van der Waals surface area contributed by atoms with Gasteiger partial charge in [-0.05, 0) is 6.92 Å². The van der Waals surface area contributed by atoms with E-state index in [-0.39, 0.29) is 16.7 Å². The van der Waals surface area contributed by atoms with Crippen molar-refractivity contribution in [1.29, 1.82) is 0 Å². The van der Waals surface area contributed by atoms with Gasteiger partial charge in [-0.3, -0.25) is 9.36 Å². The number of hydrogen-bond acceptors (Lipinski definition) is 4. The van der Waals surface area contributed by atoms with Crippen molar-refractivity contribution < 1.29 is 0 Å². The molecule has 0 amide bonds. The lowest BCUT2D eigenvalue weighted by atomic mass is 10.5. The predicted octanol–water partition coefficient (Wildman–Crippen LogP) is 1.04. The van der Waals surface area contributed by atoms with Crippen LogP contribution < -0.4 is 5.56 Å². The fourth-order valence-corrected chi connectivity index (χ4v) is 1.58. The molecular weight excluding hydrogens is 265 g/mol. The third-order valence-electron chi connectivity index (χ3n) is 2.43. The van der Waals surface area contributed by atoms with Crippen LogP contribution in [0.5, 0.6) is 0 Å². The summed E-state index contributed by atoms with van der Waals surface area (Å²) in [6.45, 7) is 2.08. The lowest BCUT2D eigenvalue weighted by molar-refractivity contribution is 0.660. The average Bonchev–Trinajstić information content (AvgIpc) is 2.62. The van der Waals surface area contributed by atoms with E-state index in [2.05, 4.69) is 15.2 Å². The van der Waals surface area contributed by atoms with Crippen LogP contribution in [0, 0.1) is 6.92 Å². The normalized spacial score (nSPS) is 10.8. The van der Waals surface area contributed by atoms with Crippen molar-refractivity contribution in [2.75, 3.05) is 0 Å². The highest BCUT2D eigenvalue weighted by molar-refractivity contribution is 6.40. The van der Waals surface area contributed by atoms with Crippen molar-refractivity contribution in [2.45, 2.75) is 13.5 Å². The number of aryl methyl sites for hydroxylation is 1. The molecule has 0 N–H and O–H groups in total. The van der Waals surface area contributed by atoms with E-state index < -0.39 is 5.56 Å². The van der Waals surface area contributed by atoms with Crippen LogP contribution in [0.1, 0.15) is 11.6 Å². The zero-order valence-electron chi connectivity index (χ0n) is 9.18. The fourth-order valence-electron chi connectivity index (χ4n) is 1.30. The molecule has 0 bridgehead atoms. The van der Waals surface area contributed by atoms with E-state index in [1.54, 1.807) is 4.57 Å². The minimum absolute atomic E-state index is 0.00191. The smallest absolute Gasteiger partial charge is 0.274 e. The summed E-state index contributed by atoms with van der Waals surface area (Å²) in [7, 11) is 1.82. The molecule has 0 fully saturated rings. The summed E-state index contributed by atoms with van der Waals surface area (Å²) in [5.74, 6) is 1.41. The van der Waals surface area contributed by atoms with Crippen molar-refractivity contribution in [3.05, 3.63) is 38.5 Å².